The maximum atomic E-state index is 5.23. The van der Waals surface area contributed by atoms with E-state index in [2.05, 4.69) is 58.8 Å². The lowest BCUT2D eigenvalue weighted by molar-refractivity contribution is 0.178. The zero-order chi connectivity index (χ0) is 17.6. The summed E-state index contributed by atoms with van der Waals surface area (Å²) < 4.78 is 5.23. The summed E-state index contributed by atoms with van der Waals surface area (Å²) in [5.41, 5.74) is 2.36. The van der Waals surface area contributed by atoms with Crippen LogP contribution in [0.3, 0.4) is 0 Å². The molecule has 0 amide bonds. The van der Waals surface area contributed by atoms with E-state index in [1.54, 1.807) is 18.4 Å². The third-order valence-electron chi connectivity index (χ3n) is 4.16. The molecule has 0 saturated heterocycles. The van der Waals surface area contributed by atoms with Crippen LogP contribution < -0.4 is 5.32 Å². The van der Waals surface area contributed by atoms with E-state index in [0.29, 0.717) is 12.4 Å². The van der Waals surface area contributed by atoms with E-state index in [4.69, 9.17) is 9.72 Å². The van der Waals surface area contributed by atoms with Crippen LogP contribution in [-0.4, -0.2) is 48.7 Å². The van der Waals surface area contributed by atoms with Gasteiger partial charge in [-0.15, -0.1) is 11.3 Å². The minimum atomic E-state index is 0.415. The van der Waals surface area contributed by atoms with Crippen LogP contribution in [0.15, 0.2) is 35.7 Å². The third kappa shape index (κ3) is 4.15. The molecule has 3 aromatic rings. The van der Waals surface area contributed by atoms with Crippen LogP contribution in [0.2, 0.25) is 0 Å². The van der Waals surface area contributed by atoms with Gasteiger partial charge in [-0.3, -0.25) is 0 Å². The molecule has 25 heavy (non-hydrogen) atoms. The Morgan fingerprint density at radius 3 is 2.72 bits per heavy atom. The zero-order valence-electron chi connectivity index (χ0n) is 15.0. The van der Waals surface area contributed by atoms with Crippen LogP contribution in [0, 0.1) is 0 Å². The Bertz CT molecular complexity index is 819. The topological polar surface area (TPSA) is 50.3 Å². The molecule has 0 bridgehead atoms. The van der Waals surface area contributed by atoms with Gasteiger partial charge in [-0.05, 0) is 19.2 Å². The summed E-state index contributed by atoms with van der Waals surface area (Å²) in [6, 6.07) is 10.4. The molecule has 1 aromatic carbocycles. The highest BCUT2D eigenvalue weighted by atomic mass is 32.1. The van der Waals surface area contributed by atoms with Crippen molar-refractivity contribution in [2.75, 3.05) is 39.1 Å². The molecule has 0 aliphatic rings. The van der Waals surface area contributed by atoms with Crippen molar-refractivity contribution in [2.24, 2.45) is 0 Å². The maximum absolute atomic E-state index is 5.23. The lowest BCUT2D eigenvalue weighted by atomic mass is 10.1. The highest BCUT2D eigenvalue weighted by molar-refractivity contribution is 7.17. The number of hydrogen-bond acceptors (Lipinski definition) is 6. The van der Waals surface area contributed by atoms with Crippen molar-refractivity contribution in [3.8, 4) is 11.1 Å². The van der Waals surface area contributed by atoms with Gasteiger partial charge in [0.05, 0.1) is 5.39 Å². The molecule has 0 radical (unpaired) electrons. The Labute approximate surface area is 152 Å². The lowest BCUT2D eigenvalue weighted by Crippen LogP contribution is -2.25. The maximum Gasteiger partial charge on any atom is 0.158 e. The van der Waals surface area contributed by atoms with Crippen molar-refractivity contribution in [3.05, 3.63) is 41.5 Å². The van der Waals surface area contributed by atoms with Gasteiger partial charge in [0, 0.05) is 31.1 Å². The van der Waals surface area contributed by atoms with Crippen molar-refractivity contribution >= 4 is 27.4 Å². The first kappa shape index (κ1) is 17.8. The van der Waals surface area contributed by atoms with Crippen LogP contribution >= 0.6 is 11.3 Å². The fourth-order valence-electron chi connectivity index (χ4n) is 2.66. The molecule has 0 unspecified atom stereocenters. The van der Waals surface area contributed by atoms with E-state index in [-0.39, 0.29) is 0 Å². The lowest BCUT2D eigenvalue weighted by Gasteiger charge is -2.15. The number of anilines is 1. The second-order valence-corrected chi connectivity index (χ2v) is 6.80. The summed E-state index contributed by atoms with van der Waals surface area (Å²) in [4.78, 5) is 12.6. The normalized spacial score (nSPS) is 11.4. The number of rotatable bonds is 8. The molecule has 2 heterocycles. The second kappa shape index (κ2) is 8.38. The van der Waals surface area contributed by atoms with Gasteiger partial charge >= 0.3 is 0 Å². The average Bonchev–Trinajstić information content (AvgIpc) is 3.06. The van der Waals surface area contributed by atoms with Gasteiger partial charge in [0.15, 0.2) is 5.82 Å². The highest BCUT2D eigenvalue weighted by Crippen LogP contribution is 2.36. The van der Waals surface area contributed by atoms with Gasteiger partial charge in [0.1, 0.15) is 17.3 Å². The number of nitrogens with zero attached hydrogens (tertiary/aromatic N) is 3. The molecular weight excluding hydrogens is 332 g/mol. The van der Waals surface area contributed by atoms with Crippen molar-refractivity contribution in [2.45, 2.75) is 13.5 Å². The van der Waals surface area contributed by atoms with E-state index in [1.165, 1.54) is 11.1 Å². The average molecular weight is 356 g/mol. The summed E-state index contributed by atoms with van der Waals surface area (Å²) in [5.74, 6) is 1.60. The second-order valence-electron chi connectivity index (χ2n) is 5.94. The molecule has 5 nitrogen and oxygen atoms in total. The number of likely N-dealkylation sites (N-methyl/N-ethyl adjacent to an activating group) is 1. The number of nitrogens with one attached hydrogen (secondary N) is 1. The Kier molecular flexibility index (Phi) is 5.96. The summed E-state index contributed by atoms with van der Waals surface area (Å²) in [6.07, 6.45) is 0. The van der Waals surface area contributed by atoms with Crippen LogP contribution in [0.1, 0.15) is 12.7 Å². The third-order valence-corrected chi connectivity index (χ3v) is 5.04. The number of aromatic nitrogens is 2. The van der Waals surface area contributed by atoms with Crippen LogP contribution in [0.4, 0.5) is 5.82 Å². The number of methoxy groups -OCH3 is 1. The smallest absolute Gasteiger partial charge is 0.158 e. The predicted octanol–water partition coefficient (Wildman–Crippen LogP) is 3.87. The summed E-state index contributed by atoms with van der Waals surface area (Å²) in [6.45, 7) is 5.41. The first-order valence-electron chi connectivity index (χ1n) is 8.47. The fourth-order valence-corrected chi connectivity index (χ4v) is 3.63. The van der Waals surface area contributed by atoms with Crippen molar-refractivity contribution in [1.29, 1.82) is 0 Å². The molecule has 1 N–H and O–H groups in total. The first-order valence-corrected chi connectivity index (χ1v) is 9.35. The standard InChI is InChI=1S/C19H24N4OS/c1-4-23(2)11-10-20-18-17-15(14-8-6-5-7-9-14)13-25-19(17)22-16(21-18)12-24-3/h5-9,13H,4,10-12H2,1-3H3,(H,20,21,22). The van der Waals surface area contributed by atoms with Gasteiger partial charge in [-0.25, -0.2) is 9.97 Å². The number of fused-ring (bicyclic) bond motifs is 1. The van der Waals surface area contributed by atoms with E-state index >= 15 is 0 Å². The molecule has 132 valence electrons. The van der Waals surface area contributed by atoms with Crippen molar-refractivity contribution in [1.82, 2.24) is 14.9 Å². The van der Waals surface area contributed by atoms with E-state index in [1.807, 2.05) is 6.07 Å². The van der Waals surface area contributed by atoms with Gasteiger partial charge < -0.3 is 15.0 Å². The Morgan fingerprint density at radius 2 is 2.00 bits per heavy atom. The molecule has 0 fully saturated rings. The van der Waals surface area contributed by atoms with Gasteiger partial charge in [-0.1, -0.05) is 37.3 Å². The first-order chi connectivity index (χ1) is 12.2. The van der Waals surface area contributed by atoms with Gasteiger partial charge in [0.25, 0.3) is 0 Å². The molecule has 6 heteroatoms. The summed E-state index contributed by atoms with van der Waals surface area (Å²) in [5, 5.41) is 6.76. The molecule has 3 rings (SSSR count). The fraction of sp³-hybridized carbons (Fsp3) is 0.368. The Morgan fingerprint density at radius 1 is 1.20 bits per heavy atom. The van der Waals surface area contributed by atoms with Crippen molar-refractivity contribution in [3.63, 3.8) is 0 Å². The number of ether oxygens (including phenoxy) is 1. The molecule has 2 aromatic heterocycles. The van der Waals surface area contributed by atoms with Gasteiger partial charge in [0.2, 0.25) is 0 Å². The van der Waals surface area contributed by atoms with Crippen LogP contribution in [0.25, 0.3) is 21.3 Å². The quantitative estimate of drug-likeness (QED) is 0.664. The molecule has 0 spiro atoms. The van der Waals surface area contributed by atoms with Gasteiger partial charge in [-0.2, -0.15) is 0 Å². The minimum absolute atomic E-state index is 0.415. The zero-order valence-corrected chi connectivity index (χ0v) is 15.8. The van der Waals surface area contributed by atoms with E-state index in [9.17, 15) is 0 Å². The SMILES string of the molecule is CCN(C)CCNc1nc(COC)nc2scc(-c3ccccc3)c12. The molecule has 0 aliphatic carbocycles. The molecule has 0 saturated carbocycles. The molecule has 0 atom stereocenters. The Hall–Kier alpha value is -2.02. The highest BCUT2D eigenvalue weighted by Gasteiger charge is 2.15. The predicted molar refractivity (Wildman–Crippen MR) is 105 cm³/mol. The number of benzene rings is 1. The van der Waals surface area contributed by atoms with Crippen molar-refractivity contribution < 1.29 is 4.74 Å². The molecular formula is C19H24N4OS. The minimum Gasteiger partial charge on any atom is -0.377 e. The van der Waals surface area contributed by atoms with Crippen LogP contribution in [-0.2, 0) is 11.3 Å². The largest absolute Gasteiger partial charge is 0.377 e. The van der Waals surface area contributed by atoms with E-state index < -0.39 is 0 Å². The number of thiophene rings is 1. The van der Waals surface area contributed by atoms with E-state index in [0.717, 1.165) is 35.7 Å². The Balaban J connectivity index is 1.99. The summed E-state index contributed by atoms with van der Waals surface area (Å²) >= 11 is 1.65. The monoisotopic (exact) mass is 356 g/mol. The summed E-state index contributed by atoms with van der Waals surface area (Å²) in [7, 11) is 3.79. The molecule has 0 aliphatic heterocycles. The van der Waals surface area contributed by atoms with Crippen LogP contribution in [0.5, 0.6) is 0 Å². The number of hydrogen-bond donors (Lipinski definition) is 1.